The number of hydrogen-bond acceptors (Lipinski definition) is 4. The predicted octanol–water partition coefficient (Wildman–Crippen LogP) is 3.33. The van der Waals surface area contributed by atoms with E-state index in [9.17, 15) is 4.79 Å². The van der Waals surface area contributed by atoms with Crippen molar-refractivity contribution < 1.29 is 9.53 Å². The molecule has 26 heavy (non-hydrogen) atoms. The van der Waals surface area contributed by atoms with Gasteiger partial charge in [-0.1, -0.05) is 41.9 Å². The summed E-state index contributed by atoms with van der Waals surface area (Å²) in [6, 6.07) is 13.9. The number of anilines is 1. The van der Waals surface area contributed by atoms with Crippen LogP contribution < -0.4 is 15.8 Å². The first-order chi connectivity index (χ1) is 12.6. The van der Waals surface area contributed by atoms with E-state index in [4.69, 9.17) is 22.1 Å². The van der Waals surface area contributed by atoms with Gasteiger partial charge in [0.05, 0.1) is 23.4 Å². The monoisotopic (exact) mass is 373 g/mol. The third-order valence-electron chi connectivity index (χ3n) is 4.79. The van der Waals surface area contributed by atoms with Crippen LogP contribution in [0.3, 0.4) is 0 Å². The van der Waals surface area contributed by atoms with Crippen molar-refractivity contribution in [2.45, 2.75) is 25.4 Å². The standard InChI is InChI=1S/C20H24ClN3O2/c1-26-19-11-18(22)17(21)10-16(19)20(25)23-12-15-8-5-9-24(15)13-14-6-3-2-4-7-14/h2-4,6-7,10-11,15H,5,8-9,12-13,22H2,1H3,(H,23,25). The highest BCUT2D eigenvalue weighted by Crippen LogP contribution is 2.29. The molecule has 3 N–H and O–H groups in total. The Morgan fingerprint density at radius 2 is 2.12 bits per heavy atom. The van der Waals surface area contributed by atoms with Crippen molar-refractivity contribution in [3.8, 4) is 5.75 Å². The minimum Gasteiger partial charge on any atom is -0.496 e. The second-order valence-electron chi connectivity index (χ2n) is 6.54. The summed E-state index contributed by atoms with van der Waals surface area (Å²) in [5.74, 6) is 0.229. The van der Waals surface area contributed by atoms with E-state index in [1.54, 1.807) is 12.1 Å². The summed E-state index contributed by atoms with van der Waals surface area (Å²) in [6.45, 7) is 2.54. The predicted molar refractivity (Wildman–Crippen MR) is 105 cm³/mol. The first-order valence-electron chi connectivity index (χ1n) is 8.77. The van der Waals surface area contributed by atoms with Crippen LogP contribution >= 0.6 is 11.6 Å². The van der Waals surface area contributed by atoms with Crippen LogP contribution in [0, 0.1) is 0 Å². The lowest BCUT2D eigenvalue weighted by Crippen LogP contribution is -2.39. The fraction of sp³-hybridized carbons (Fsp3) is 0.350. The number of rotatable bonds is 6. The molecule has 138 valence electrons. The highest BCUT2D eigenvalue weighted by molar-refractivity contribution is 6.33. The van der Waals surface area contributed by atoms with Gasteiger partial charge in [-0.25, -0.2) is 0 Å². The van der Waals surface area contributed by atoms with Gasteiger partial charge in [0, 0.05) is 25.2 Å². The van der Waals surface area contributed by atoms with Crippen LogP contribution in [0.5, 0.6) is 5.75 Å². The molecular weight excluding hydrogens is 350 g/mol. The van der Waals surface area contributed by atoms with Crippen molar-refractivity contribution in [3.63, 3.8) is 0 Å². The van der Waals surface area contributed by atoms with Gasteiger partial charge >= 0.3 is 0 Å². The summed E-state index contributed by atoms with van der Waals surface area (Å²) in [5, 5.41) is 3.37. The number of carbonyl (C=O) groups excluding carboxylic acids is 1. The second kappa shape index (κ2) is 8.43. The molecule has 1 heterocycles. The first kappa shape index (κ1) is 18.5. The third-order valence-corrected chi connectivity index (χ3v) is 5.12. The van der Waals surface area contributed by atoms with Gasteiger partial charge in [-0.2, -0.15) is 0 Å². The number of carbonyl (C=O) groups is 1. The Morgan fingerprint density at radius 3 is 2.85 bits per heavy atom. The lowest BCUT2D eigenvalue weighted by atomic mass is 10.1. The molecule has 0 radical (unpaired) electrons. The van der Waals surface area contributed by atoms with Crippen LogP contribution in [0.15, 0.2) is 42.5 Å². The SMILES string of the molecule is COc1cc(N)c(Cl)cc1C(=O)NCC1CCCN1Cc1ccccc1. The molecule has 1 atom stereocenters. The largest absolute Gasteiger partial charge is 0.496 e. The Morgan fingerprint density at radius 1 is 1.35 bits per heavy atom. The quantitative estimate of drug-likeness (QED) is 0.762. The van der Waals surface area contributed by atoms with E-state index in [0.29, 0.717) is 34.6 Å². The Kier molecular flexibility index (Phi) is 6.01. The average Bonchev–Trinajstić information content (AvgIpc) is 3.09. The van der Waals surface area contributed by atoms with Gasteiger partial charge < -0.3 is 15.8 Å². The van der Waals surface area contributed by atoms with E-state index in [1.807, 2.05) is 6.07 Å². The number of hydrogen-bond donors (Lipinski definition) is 2. The van der Waals surface area contributed by atoms with E-state index in [0.717, 1.165) is 25.9 Å². The number of amides is 1. The normalized spacial score (nSPS) is 17.2. The van der Waals surface area contributed by atoms with Crippen LogP contribution in [0.2, 0.25) is 5.02 Å². The Hall–Kier alpha value is -2.24. The van der Waals surface area contributed by atoms with Gasteiger partial charge in [0.1, 0.15) is 5.75 Å². The van der Waals surface area contributed by atoms with Crippen molar-refractivity contribution >= 4 is 23.2 Å². The molecule has 2 aromatic carbocycles. The lowest BCUT2D eigenvalue weighted by molar-refractivity contribution is 0.0937. The molecule has 0 aromatic heterocycles. The van der Waals surface area contributed by atoms with Crippen molar-refractivity contribution in [1.29, 1.82) is 0 Å². The molecule has 0 saturated carbocycles. The summed E-state index contributed by atoms with van der Waals surface area (Å²) < 4.78 is 5.26. The van der Waals surface area contributed by atoms with Crippen LogP contribution in [0.4, 0.5) is 5.69 Å². The molecule has 1 saturated heterocycles. The molecule has 1 fully saturated rings. The number of likely N-dealkylation sites (tertiary alicyclic amines) is 1. The van der Waals surface area contributed by atoms with Crippen molar-refractivity contribution in [1.82, 2.24) is 10.2 Å². The molecule has 3 rings (SSSR count). The van der Waals surface area contributed by atoms with Gasteiger partial charge in [-0.15, -0.1) is 0 Å². The highest BCUT2D eigenvalue weighted by atomic mass is 35.5. The van der Waals surface area contributed by atoms with E-state index in [1.165, 1.54) is 12.7 Å². The molecule has 0 bridgehead atoms. The van der Waals surface area contributed by atoms with Crippen molar-refractivity contribution in [2.75, 3.05) is 25.9 Å². The van der Waals surface area contributed by atoms with Crippen LogP contribution in [0.1, 0.15) is 28.8 Å². The molecule has 1 aliphatic rings. The van der Waals surface area contributed by atoms with Crippen LogP contribution in [0.25, 0.3) is 0 Å². The van der Waals surface area contributed by atoms with Gasteiger partial charge in [-0.3, -0.25) is 9.69 Å². The maximum Gasteiger partial charge on any atom is 0.255 e. The second-order valence-corrected chi connectivity index (χ2v) is 6.94. The van der Waals surface area contributed by atoms with Gasteiger partial charge in [0.25, 0.3) is 5.91 Å². The number of nitrogen functional groups attached to an aromatic ring is 1. The number of ether oxygens (including phenoxy) is 1. The van der Waals surface area contributed by atoms with Gasteiger partial charge in [-0.05, 0) is 31.0 Å². The fourth-order valence-electron chi connectivity index (χ4n) is 3.37. The molecule has 1 amide bonds. The van der Waals surface area contributed by atoms with Crippen molar-refractivity contribution in [2.24, 2.45) is 0 Å². The van der Waals surface area contributed by atoms with E-state index in [2.05, 4.69) is 34.5 Å². The Bertz CT molecular complexity index is 767. The number of nitrogens with zero attached hydrogens (tertiary/aromatic N) is 1. The Labute approximate surface area is 159 Å². The number of nitrogens with one attached hydrogen (secondary N) is 1. The first-order valence-corrected chi connectivity index (χ1v) is 9.15. The summed E-state index contributed by atoms with van der Waals surface area (Å²) >= 11 is 6.06. The molecule has 1 unspecified atom stereocenters. The topological polar surface area (TPSA) is 67.6 Å². The molecule has 6 heteroatoms. The zero-order valence-corrected chi connectivity index (χ0v) is 15.6. The molecule has 5 nitrogen and oxygen atoms in total. The van der Waals surface area contributed by atoms with Crippen LogP contribution in [-0.2, 0) is 6.54 Å². The van der Waals surface area contributed by atoms with E-state index < -0.39 is 0 Å². The smallest absolute Gasteiger partial charge is 0.255 e. The van der Waals surface area contributed by atoms with Crippen molar-refractivity contribution in [3.05, 3.63) is 58.6 Å². The number of halogens is 1. The maximum absolute atomic E-state index is 12.6. The molecular formula is C20H24ClN3O2. The number of nitrogens with two attached hydrogens (primary N) is 1. The number of benzene rings is 2. The lowest BCUT2D eigenvalue weighted by Gasteiger charge is -2.25. The zero-order chi connectivity index (χ0) is 18.5. The summed E-state index contributed by atoms with van der Waals surface area (Å²) in [5.41, 5.74) is 7.87. The summed E-state index contributed by atoms with van der Waals surface area (Å²) in [7, 11) is 1.51. The molecule has 0 spiro atoms. The van der Waals surface area contributed by atoms with Gasteiger partial charge in [0.15, 0.2) is 0 Å². The van der Waals surface area contributed by atoms with Crippen LogP contribution in [-0.4, -0.2) is 37.0 Å². The summed E-state index contributed by atoms with van der Waals surface area (Å²) in [4.78, 5) is 15.0. The fourth-order valence-corrected chi connectivity index (χ4v) is 3.54. The highest BCUT2D eigenvalue weighted by Gasteiger charge is 2.25. The average molecular weight is 374 g/mol. The minimum absolute atomic E-state index is 0.199. The number of methoxy groups -OCH3 is 1. The van der Waals surface area contributed by atoms with E-state index in [-0.39, 0.29) is 5.91 Å². The van der Waals surface area contributed by atoms with E-state index >= 15 is 0 Å². The van der Waals surface area contributed by atoms with Gasteiger partial charge in [0.2, 0.25) is 0 Å². The molecule has 0 aliphatic carbocycles. The maximum atomic E-state index is 12.6. The molecule has 2 aromatic rings. The summed E-state index contributed by atoms with van der Waals surface area (Å²) in [6.07, 6.45) is 2.22. The minimum atomic E-state index is -0.199. The Balaban J connectivity index is 1.63. The third kappa shape index (κ3) is 4.29. The zero-order valence-electron chi connectivity index (χ0n) is 14.9. The molecule has 1 aliphatic heterocycles.